The van der Waals surface area contributed by atoms with Gasteiger partial charge in [0.25, 0.3) is 0 Å². The van der Waals surface area contributed by atoms with Gasteiger partial charge in [0, 0.05) is 12.8 Å². The van der Waals surface area contributed by atoms with Crippen LogP contribution in [0.5, 0.6) is 0 Å². The van der Waals surface area contributed by atoms with Crippen LogP contribution in [0.1, 0.15) is 13.8 Å². The van der Waals surface area contributed by atoms with Crippen LogP contribution in [0, 0.1) is 12.2 Å². The van der Waals surface area contributed by atoms with Crippen LogP contribution in [-0.4, -0.2) is 20.2 Å². The zero-order valence-corrected chi connectivity index (χ0v) is 7.51. The molecule has 0 aliphatic heterocycles. The highest BCUT2D eigenvalue weighted by Gasteiger charge is 2.04. The minimum Gasteiger partial charge on any atom is -0.220 e. The van der Waals surface area contributed by atoms with Gasteiger partial charge < -0.3 is 0 Å². The second kappa shape index (κ2) is 3.71. The van der Waals surface area contributed by atoms with Gasteiger partial charge in [-0.25, -0.2) is 4.68 Å². The van der Waals surface area contributed by atoms with Crippen molar-refractivity contribution in [2.45, 2.75) is 25.5 Å². The quantitative estimate of drug-likeness (QED) is 0.641. The molecule has 11 heavy (non-hydrogen) atoms. The lowest BCUT2D eigenvalue weighted by atomic mass is 10.2. The molecule has 0 aliphatic rings. The molecule has 0 saturated carbocycles. The average molecular weight is 171 g/mol. The fourth-order valence-corrected chi connectivity index (χ4v) is 1.11. The maximum absolute atomic E-state index is 3.82. The molecule has 0 fully saturated rings. The van der Waals surface area contributed by atoms with Crippen molar-refractivity contribution in [1.82, 2.24) is 20.2 Å². The lowest BCUT2D eigenvalue weighted by molar-refractivity contribution is 0.446. The van der Waals surface area contributed by atoms with E-state index in [1.165, 1.54) is 11.8 Å². The predicted molar refractivity (Wildman–Crippen MR) is 43.9 cm³/mol. The second-order valence-electron chi connectivity index (χ2n) is 2.68. The predicted octanol–water partition coefficient (Wildman–Crippen LogP) is 1.21. The van der Waals surface area contributed by atoms with Crippen molar-refractivity contribution >= 4 is 11.8 Å². The molecule has 0 amide bonds. The Morgan fingerprint density at radius 1 is 1.64 bits per heavy atom. The van der Waals surface area contributed by atoms with Crippen LogP contribution in [0.15, 0.2) is 5.16 Å². The van der Waals surface area contributed by atoms with E-state index in [4.69, 9.17) is 0 Å². The summed E-state index contributed by atoms with van der Waals surface area (Å²) in [6, 6.07) is 0. The normalized spacial score (nSPS) is 10.9. The number of aromatic nitrogens is 4. The molecule has 0 aliphatic carbocycles. The van der Waals surface area contributed by atoms with E-state index in [0.717, 1.165) is 11.7 Å². The molecule has 1 heterocycles. The van der Waals surface area contributed by atoms with Crippen molar-refractivity contribution in [1.29, 1.82) is 0 Å². The monoisotopic (exact) mass is 171 g/mol. The van der Waals surface area contributed by atoms with Gasteiger partial charge in [-0.15, -0.1) is 5.10 Å². The summed E-state index contributed by atoms with van der Waals surface area (Å²) in [6.07, 6.45) is 3.65. The van der Waals surface area contributed by atoms with Gasteiger partial charge in [0.15, 0.2) is 0 Å². The zero-order valence-electron chi connectivity index (χ0n) is 6.69. The summed E-state index contributed by atoms with van der Waals surface area (Å²) in [5.41, 5.74) is 0. The molecular formula is C6H11N4S. The Morgan fingerprint density at radius 2 is 2.36 bits per heavy atom. The van der Waals surface area contributed by atoms with Crippen LogP contribution in [0.3, 0.4) is 0 Å². The summed E-state index contributed by atoms with van der Waals surface area (Å²) in [4.78, 5) is 0. The topological polar surface area (TPSA) is 43.6 Å². The van der Waals surface area contributed by atoms with Crippen LogP contribution < -0.4 is 0 Å². The molecule has 0 saturated heterocycles. The molecule has 4 nitrogen and oxygen atoms in total. The van der Waals surface area contributed by atoms with E-state index in [1.54, 1.807) is 4.68 Å². The molecule has 0 aromatic carbocycles. The highest BCUT2D eigenvalue weighted by molar-refractivity contribution is 8.00. The Morgan fingerprint density at radius 3 is 2.91 bits per heavy atom. The van der Waals surface area contributed by atoms with Crippen molar-refractivity contribution in [3.8, 4) is 0 Å². The fourth-order valence-electron chi connectivity index (χ4n) is 0.760. The standard InChI is InChI=1S/C6H11N4S/c1-5(2)4-10-6(11-3)7-8-9-10/h5H,3-4H2,1-2H3. The summed E-state index contributed by atoms with van der Waals surface area (Å²) in [6.45, 7) is 5.10. The van der Waals surface area contributed by atoms with E-state index in [0.29, 0.717) is 5.92 Å². The Kier molecular flexibility index (Phi) is 2.87. The van der Waals surface area contributed by atoms with Crippen LogP contribution in [0.2, 0.25) is 0 Å². The zero-order chi connectivity index (χ0) is 8.27. The van der Waals surface area contributed by atoms with Gasteiger partial charge in [-0.05, 0) is 16.3 Å². The Labute approximate surface area is 70.4 Å². The maximum Gasteiger partial charge on any atom is 0.209 e. The minimum atomic E-state index is 0.560. The van der Waals surface area contributed by atoms with Crippen molar-refractivity contribution < 1.29 is 0 Å². The van der Waals surface area contributed by atoms with Gasteiger partial charge in [0.2, 0.25) is 5.16 Å². The van der Waals surface area contributed by atoms with Gasteiger partial charge in [-0.3, -0.25) is 0 Å². The Balaban J connectivity index is 2.68. The first kappa shape index (κ1) is 8.52. The first-order valence-electron chi connectivity index (χ1n) is 3.42. The largest absolute Gasteiger partial charge is 0.220 e. The second-order valence-corrected chi connectivity index (χ2v) is 3.34. The fraction of sp³-hybridized carbons (Fsp3) is 0.667. The molecule has 1 aromatic rings. The number of nitrogens with zero attached hydrogens (tertiary/aromatic N) is 4. The van der Waals surface area contributed by atoms with Crippen molar-refractivity contribution in [2.24, 2.45) is 5.92 Å². The van der Waals surface area contributed by atoms with Crippen LogP contribution in [0.4, 0.5) is 0 Å². The highest BCUT2D eigenvalue weighted by Crippen LogP contribution is 2.11. The van der Waals surface area contributed by atoms with Gasteiger partial charge in [-0.2, -0.15) is 0 Å². The molecule has 0 unspecified atom stereocenters. The maximum atomic E-state index is 3.82. The number of rotatable bonds is 3. The molecule has 0 atom stereocenters. The SMILES string of the molecule is [CH2]Sc1nnnn1CC(C)C. The molecule has 0 spiro atoms. The highest BCUT2D eigenvalue weighted by atomic mass is 32.2. The van der Waals surface area contributed by atoms with Crippen LogP contribution in [0.25, 0.3) is 0 Å². The smallest absolute Gasteiger partial charge is 0.209 e. The summed E-state index contributed by atoms with van der Waals surface area (Å²) in [7, 11) is 0. The van der Waals surface area contributed by atoms with E-state index in [2.05, 4.69) is 35.6 Å². The minimum absolute atomic E-state index is 0.560. The molecular weight excluding hydrogens is 160 g/mol. The van der Waals surface area contributed by atoms with E-state index in [-0.39, 0.29) is 0 Å². The first-order chi connectivity index (χ1) is 5.24. The van der Waals surface area contributed by atoms with Crippen molar-refractivity contribution in [3.63, 3.8) is 0 Å². The van der Waals surface area contributed by atoms with E-state index in [1.807, 2.05) is 0 Å². The van der Waals surface area contributed by atoms with Gasteiger partial charge in [0.05, 0.1) is 0 Å². The molecule has 1 radical (unpaired) electrons. The molecule has 61 valence electrons. The lowest BCUT2D eigenvalue weighted by Gasteiger charge is -2.04. The molecule has 5 heteroatoms. The van der Waals surface area contributed by atoms with Gasteiger partial charge in [-0.1, -0.05) is 25.6 Å². The van der Waals surface area contributed by atoms with Gasteiger partial charge in [0.1, 0.15) is 0 Å². The first-order valence-corrected chi connectivity index (χ1v) is 4.40. The van der Waals surface area contributed by atoms with E-state index in [9.17, 15) is 0 Å². The number of tetrazole rings is 1. The molecule has 0 N–H and O–H groups in total. The summed E-state index contributed by atoms with van der Waals surface area (Å²) in [5.74, 6) is 0.560. The average Bonchev–Trinajstić information content (AvgIpc) is 2.34. The summed E-state index contributed by atoms with van der Waals surface area (Å²) >= 11 is 1.32. The third-order valence-electron chi connectivity index (χ3n) is 1.17. The summed E-state index contributed by atoms with van der Waals surface area (Å²) < 4.78 is 1.77. The van der Waals surface area contributed by atoms with E-state index >= 15 is 0 Å². The molecule has 0 bridgehead atoms. The molecule has 1 rings (SSSR count). The number of hydrogen-bond acceptors (Lipinski definition) is 4. The van der Waals surface area contributed by atoms with E-state index < -0.39 is 0 Å². The third-order valence-corrected chi connectivity index (χ3v) is 1.72. The number of hydrogen-bond donors (Lipinski definition) is 0. The number of thioether (sulfide) groups is 1. The van der Waals surface area contributed by atoms with Crippen LogP contribution in [-0.2, 0) is 6.54 Å². The third kappa shape index (κ3) is 2.18. The van der Waals surface area contributed by atoms with Crippen molar-refractivity contribution in [2.75, 3.05) is 0 Å². The summed E-state index contributed by atoms with van der Waals surface area (Å²) in [5, 5.41) is 11.9. The van der Waals surface area contributed by atoms with Gasteiger partial charge >= 0.3 is 0 Å². The Hall–Kier alpha value is -0.580. The lowest BCUT2D eigenvalue weighted by Crippen LogP contribution is -2.07. The Bertz CT molecular complexity index is 220. The van der Waals surface area contributed by atoms with Crippen molar-refractivity contribution in [3.05, 3.63) is 6.26 Å². The van der Waals surface area contributed by atoms with Crippen LogP contribution >= 0.6 is 11.8 Å². The molecule has 1 aromatic heterocycles.